The molecule has 1 N–H and O–H groups in total. The minimum Gasteiger partial charge on any atom is -0.494 e. The van der Waals surface area contributed by atoms with Crippen molar-refractivity contribution >= 4 is 33.9 Å². The van der Waals surface area contributed by atoms with E-state index in [-0.39, 0.29) is 10.6 Å². The number of nitro groups is 1. The summed E-state index contributed by atoms with van der Waals surface area (Å²) in [4.78, 5) is 25.3. The molecule has 1 fully saturated rings. The van der Waals surface area contributed by atoms with Crippen molar-refractivity contribution in [3.63, 3.8) is 0 Å². The molecule has 2 aromatic carbocycles. The number of nitrogens with one attached hydrogen (secondary N) is 1. The molecular formula is C28H31N7O3. The Morgan fingerprint density at radius 1 is 1.18 bits per heavy atom. The summed E-state index contributed by atoms with van der Waals surface area (Å²) in [6.07, 6.45) is 4.79. The van der Waals surface area contributed by atoms with Crippen molar-refractivity contribution in [3.8, 4) is 17.0 Å². The van der Waals surface area contributed by atoms with Crippen molar-refractivity contribution in [1.82, 2.24) is 19.4 Å². The van der Waals surface area contributed by atoms with E-state index in [0.29, 0.717) is 29.1 Å². The van der Waals surface area contributed by atoms with Gasteiger partial charge in [-0.15, -0.1) is 0 Å². The number of benzene rings is 2. The van der Waals surface area contributed by atoms with Crippen LogP contribution >= 0.6 is 0 Å². The van der Waals surface area contributed by atoms with E-state index in [1.807, 2.05) is 20.2 Å². The van der Waals surface area contributed by atoms with Crippen LogP contribution in [0, 0.1) is 10.1 Å². The lowest BCUT2D eigenvalue weighted by Gasteiger charge is -2.22. The minimum absolute atomic E-state index is 0.0279. The smallest absolute Gasteiger partial charge is 0.294 e. The molecule has 1 saturated heterocycles. The zero-order chi connectivity index (χ0) is 26.4. The van der Waals surface area contributed by atoms with Gasteiger partial charge in [-0.2, -0.15) is 0 Å². The molecule has 2 aliphatic heterocycles. The highest BCUT2D eigenvalue weighted by atomic mass is 16.6. The third kappa shape index (κ3) is 4.10. The van der Waals surface area contributed by atoms with Crippen LogP contribution in [0.4, 0.5) is 23.0 Å². The molecule has 10 heteroatoms. The van der Waals surface area contributed by atoms with Gasteiger partial charge in [0.1, 0.15) is 11.4 Å². The van der Waals surface area contributed by atoms with E-state index in [2.05, 4.69) is 48.9 Å². The predicted molar refractivity (Wildman–Crippen MR) is 149 cm³/mol. The van der Waals surface area contributed by atoms with Crippen molar-refractivity contribution < 1.29 is 9.66 Å². The Bertz CT molecular complexity index is 1530. The lowest BCUT2D eigenvalue weighted by Crippen LogP contribution is -2.31. The molecule has 10 nitrogen and oxygen atoms in total. The van der Waals surface area contributed by atoms with Gasteiger partial charge in [-0.3, -0.25) is 10.1 Å². The molecule has 0 spiro atoms. The number of methoxy groups -OCH3 is 1. The fourth-order valence-corrected chi connectivity index (χ4v) is 5.85. The number of para-hydroxylation sites is 1. The maximum absolute atomic E-state index is 12.1. The second kappa shape index (κ2) is 9.60. The van der Waals surface area contributed by atoms with Crippen LogP contribution in [0.5, 0.6) is 5.75 Å². The maximum atomic E-state index is 12.1. The summed E-state index contributed by atoms with van der Waals surface area (Å²) in [5.41, 5.74) is 5.50. The van der Waals surface area contributed by atoms with Gasteiger partial charge in [0.25, 0.3) is 5.69 Å². The summed E-state index contributed by atoms with van der Waals surface area (Å²) in [5, 5.41) is 16.5. The van der Waals surface area contributed by atoms with Gasteiger partial charge in [0, 0.05) is 66.2 Å². The molecule has 38 heavy (non-hydrogen) atoms. The SMILES string of the molecule is COc1cc(N2CCC(N(C)C)C2)c([N+](=O)[O-])cc1Nc1nccc(-c2c3n(c4ccccc24)CCC3)n1. The van der Waals surface area contributed by atoms with E-state index >= 15 is 0 Å². The number of anilines is 3. The van der Waals surface area contributed by atoms with Gasteiger partial charge in [-0.25, -0.2) is 9.97 Å². The Morgan fingerprint density at radius 2 is 2.03 bits per heavy atom. The van der Waals surface area contributed by atoms with Gasteiger partial charge < -0.3 is 24.4 Å². The van der Waals surface area contributed by atoms with Gasteiger partial charge in [0.2, 0.25) is 5.95 Å². The summed E-state index contributed by atoms with van der Waals surface area (Å²) < 4.78 is 8.05. The highest BCUT2D eigenvalue weighted by molar-refractivity contribution is 5.97. The van der Waals surface area contributed by atoms with Gasteiger partial charge >= 0.3 is 0 Å². The van der Waals surface area contributed by atoms with Crippen molar-refractivity contribution in [2.75, 3.05) is 44.5 Å². The number of aryl methyl sites for hydroxylation is 1. The van der Waals surface area contributed by atoms with E-state index in [9.17, 15) is 10.1 Å². The van der Waals surface area contributed by atoms with E-state index in [0.717, 1.165) is 50.2 Å². The lowest BCUT2D eigenvalue weighted by atomic mass is 10.1. The van der Waals surface area contributed by atoms with Crippen molar-refractivity contribution in [2.24, 2.45) is 0 Å². The van der Waals surface area contributed by atoms with Crippen LogP contribution in [-0.2, 0) is 13.0 Å². The zero-order valence-electron chi connectivity index (χ0n) is 21.8. The number of ether oxygens (including phenoxy) is 1. The molecule has 6 rings (SSSR count). The standard InChI is InChI=1S/C28H31N7O3/c1-32(2)18-11-14-33(17-18)24-16-26(38-3)21(15-25(24)35(36)37)31-28-29-12-10-20(30-28)27-19-7-4-5-8-22(19)34-13-6-9-23(27)34/h4-5,7-8,10,12,15-16,18H,6,9,11,13-14,17H2,1-3H3,(H,29,30,31). The first kappa shape index (κ1) is 24.2. The molecular weight excluding hydrogens is 482 g/mol. The number of fused-ring (bicyclic) bond motifs is 3. The Morgan fingerprint density at radius 3 is 2.79 bits per heavy atom. The average molecular weight is 514 g/mol. The van der Waals surface area contributed by atoms with Crippen LogP contribution in [0.1, 0.15) is 18.5 Å². The minimum atomic E-state index is -0.336. The number of rotatable bonds is 7. The molecule has 196 valence electrons. The number of aromatic nitrogens is 3. The monoisotopic (exact) mass is 513 g/mol. The summed E-state index contributed by atoms with van der Waals surface area (Å²) in [5.74, 6) is 0.863. The number of likely N-dealkylation sites (N-methyl/N-ethyl adjacent to an activating group) is 1. The van der Waals surface area contributed by atoms with E-state index in [1.165, 1.54) is 22.7 Å². The first-order chi connectivity index (χ1) is 18.4. The summed E-state index contributed by atoms with van der Waals surface area (Å²) >= 11 is 0. The quantitative estimate of drug-likeness (QED) is 0.277. The molecule has 2 aliphatic rings. The zero-order valence-corrected chi connectivity index (χ0v) is 21.8. The molecule has 4 heterocycles. The molecule has 1 atom stereocenters. The van der Waals surface area contributed by atoms with Crippen LogP contribution in [0.25, 0.3) is 22.2 Å². The second-order valence-electron chi connectivity index (χ2n) is 10.1. The maximum Gasteiger partial charge on any atom is 0.294 e. The number of hydrogen-bond acceptors (Lipinski definition) is 8. The Balaban J connectivity index is 1.36. The van der Waals surface area contributed by atoms with Crippen molar-refractivity contribution in [1.29, 1.82) is 0 Å². The predicted octanol–water partition coefficient (Wildman–Crippen LogP) is 4.85. The summed E-state index contributed by atoms with van der Waals surface area (Å²) in [6, 6.07) is 13.9. The second-order valence-corrected chi connectivity index (χ2v) is 10.1. The van der Waals surface area contributed by atoms with Crippen molar-refractivity contribution in [3.05, 3.63) is 64.5 Å². The van der Waals surface area contributed by atoms with Gasteiger partial charge in [-0.1, -0.05) is 18.2 Å². The fourth-order valence-electron chi connectivity index (χ4n) is 5.85. The van der Waals surface area contributed by atoms with Crippen molar-refractivity contribution in [2.45, 2.75) is 31.8 Å². The third-order valence-corrected chi connectivity index (χ3v) is 7.76. The first-order valence-electron chi connectivity index (χ1n) is 12.9. The molecule has 0 aliphatic carbocycles. The average Bonchev–Trinajstić information content (AvgIpc) is 3.65. The van der Waals surface area contributed by atoms with E-state index < -0.39 is 0 Å². The third-order valence-electron chi connectivity index (χ3n) is 7.76. The largest absolute Gasteiger partial charge is 0.494 e. The van der Waals surface area contributed by atoms with Gasteiger partial charge in [-0.05, 0) is 45.5 Å². The Labute approximate surface area is 221 Å². The van der Waals surface area contributed by atoms with Crippen LogP contribution in [0.2, 0.25) is 0 Å². The summed E-state index contributed by atoms with van der Waals surface area (Å²) in [6.45, 7) is 2.48. The molecule has 0 amide bonds. The molecule has 2 aromatic heterocycles. The highest BCUT2D eigenvalue weighted by Gasteiger charge is 2.30. The van der Waals surface area contributed by atoms with Crippen LogP contribution in [0.15, 0.2) is 48.7 Å². The lowest BCUT2D eigenvalue weighted by molar-refractivity contribution is -0.384. The first-order valence-corrected chi connectivity index (χ1v) is 12.9. The van der Waals surface area contributed by atoms with Crippen LogP contribution in [-0.4, -0.2) is 64.7 Å². The van der Waals surface area contributed by atoms with Gasteiger partial charge in [0.15, 0.2) is 0 Å². The molecule has 0 saturated carbocycles. The topological polar surface area (TPSA) is 102 Å². The van der Waals surface area contributed by atoms with Gasteiger partial charge in [0.05, 0.1) is 23.4 Å². The fraction of sp³-hybridized carbons (Fsp3) is 0.357. The Kier molecular flexibility index (Phi) is 6.11. The normalized spacial score (nSPS) is 16.8. The van der Waals surface area contributed by atoms with E-state index in [4.69, 9.17) is 9.72 Å². The Hall–Kier alpha value is -4.18. The van der Waals surface area contributed by atoms with E-state index in [1.54, 1.807) is 19.4 Å². The molecule has 1 unspecified atom stereocenters. The van der Waals surface area contributed by atoms with Crippen LogP contribution < -0.4 is 15.0 Å². The highest BCUT2D eigenvalue weighted by Crippen LogP contribution is 2.41. The van der Waals surface area contributed by atoms with Crippen LogP contribution in [0.3, 0.4) is 0 Å². The molecule has 0 radical (unpaired) electrons. The molecule has 4 aromatic rings. The number of hydrogen-bond donors (Lipinski definition) is 1. The summed E-state index contributed by atoms with van der Waals surface area (Å²) in [7, 11) is 5.64. The molecule has 0 bridgehead atoms. The number of nitro benzene ring substituents is 1. The number of nitrogens with zero attached hydrogens (tertiary/aromatic N) is 6.